The second-order valence-electron chi connectivity index (χ2n) is 4.55. The molecule has 0 amide bonds. The van der Waals surface area contributed by atoms with Gasteiger partial charge in [0.05, 0.1) is 0 Å². The molecule has 1 aliphatic rings. The van der Waals surface area contributed by atoms with Gasteiger partial charge < -0.3 is 5.32 Å². The Hall–Kier alpha value is -0.480. The van der Waals surface area contributed by atoms with E-state index in [2.05, 4.69) is 29.4 Å². The highest BCUT2D eigenvalue weighted by Gasteiger charge is 2.20. The molecule has 3 nitrogen and oxygen atoms in total. The SMILES string of the molecule is CC(C)NCc1nnc(C2CCCC2)s1. The third kappa shape index (κ3) is 2.98. The van der Waals surface area contributed by atoms with Crippen molar-refractivity contribution in [3.05, 3.63) is 10.0 Å². The molecule has 0 spiro atoms. The summed E-state index contributed by atoms with van der Waals surface area (Å²) in [6.07, 6.45) is 5.35. The van der Waals surface area contributed by atoms with Crippen LogP contribution in [0, 0.1) is 0 Å². The highest BCUT2D eigenvalue weighted by Crippen LogP contribution is 2.35. The molecule has 0 radical (unpaired) electrons. The first kappa shape index (κ1) is 11.0. The molecule has 1 N–H and O–H groups in total. The van der Waals surface area contributed by atoms with E-state index in [9.17, 15) is 0 Å². The van der Waals surface area contributed by atoms with Crippen molar-refractivity contribution in [2.24, 2.45) is 0 Å². The Morgan fingerprint density at radius 2 is 2.07 bits per heavy atom. The maximum atomic E-state index is 4.30. The molecule has 84 valence electrons. The summed E-state index contributed by atoms with van der Waals surface area (Å²) in [7, 11) is 0. The molecular weight excluding hydrogens is 206 g/mol. The van der Waals surface area contributed by atoms with Gasteiger partial charge in [0.1, 0.15) is 10.0 Å². The van der Waals surface area contributed by atoms with Gasteiger partial charge in [-0.25, -0.2) is 0 Å². The minimum Gasteiger partial charge on any atom is -0.308 e. The molecule has 1 heterocycles. The van der Waals surface area contributed by atoms with Crippen LogP contribution in [0.25, 0.3) is 0 Å². The van der Waals surface area contributed by atoms with Crippen molar-refractivity contribution in [3.63, 3.8) is 0 Å². The van der Waals surface area contributed by atoms with Crippen LogP contribution in [0.5, 0.6) is 0 Å². The fourth-order valence-corrected chi connectivity index (χ4v) is 2.93. The van der Waals surface area contributed by atoms with Crippen molar-refractivity contribution in [2.75, 3.05) is 0 Å². The average molecular weight is 225 g/mol. The van der Waals surface area contributed by atoms with Gasteiger partial charge in [0, 0.05) is 18.5 Å². The van der Waals surface area contributed by atoms with E-state index in [1.54, 1.807) is 11.3 Å². The highest BCUT2D eigenvalue weighted by molar-refractivity contribution is 7.11. The lowest BCUT2D eigenvalue weighted by molar-refractivity contribution is 0.584. The first-order valence-corrected chi connectivity index (χ1v) is 6.63. The van der Waals surface area contributed by atoms with Crippen LogP contribution in [0.2, 0.25) is 0 Å². The predicted octanol–water partition coefficient (Wildman–Crippen LogP) is 2.69. The normalized spacial score (nSPS) is 17.8. The summed E-state index contributed by atoms with van der Waals surface area (Å²) in [6, 6.07) is 0.517. The molecule has 1 saturated carbocycles. The van der Waals surface area contributed by atoms with Crippen LogP contribution in [-0.4, -0.2) is 16.2 Å². The molecule has 4 heteroatoms. The molecule has 0 unspecified atom stereocenters. The van der Waals surface area contributed by atoms with E-state index in [1.165, 1.54) is 30.7 Å². The fraction of sp³-hybridized carbons (Fsp3) is 0.818. The number of hydrogen-bond acceptors (Lipinski definition) is 4. The molecule has 0 bridgehead atoms. The van der Waals surface area contributed by atoms with Gasteiger partial charge >= 0.3 is 0 Å². The monoisotopic (exact) mass is 225 g/mol. The van der Waals surface area contributed by atoms with E-state index < -0.39 is 0 Å². The Balaban J connectivity index is 1.91. The minimum atomic E-state index is 0.517. The van der Waals surface area contributed by atoms with Crippen molar-refractivity contribution >= 4 is 11.3 Å². The first-order chi connectivity index (χ1) is 7.25. The van der Waals surface area contributed by atoms with E-state index in [1.807, 2.05) is 0 Å². The minimum absolute atomic E-state index is 0.517. The Labute approximate surface area is 95.3 Å². The van der Waals surface area contributed by atoms with E-state index in [0.717, 1.165) is 11.6 Å². The summed E-state index contributed by atoms with van der Waals surface area (Å²) in [6.45, 7) is 5.17. The lowest BCUT2D eigenvalue weighted by atomic mass is 10.1. The molecule has 0 saturated heterocycles. The van der Waals surface area contributed by atoms with Crippen molar-refractivity contribution in [1.29, 1.82) is 0 Å². The number of nitrogens with one attached hydrogen (secondary N) is 1. The van der Waals surface area contributed by atoms with Gasteiger partial charge in [0.25, 0.3) is 0 Å². The van der Waals surface area contributed by atoms with E-state index in [0.29, 0.717) is 12.0 Å². The quantitative estimate of drug-likeness (QED) is 0.856. The summed E-state index contributed by atoms with van der Waals surface area (Å²) >= 11 is 1.79. The van der Waals surface area contributed by atoms with Crippen LogP contribution in [0.3, 0.4) is 0 Å². The topological polar surface area (TPSA) is 37.8 Å². The first-order valence-electron chi connectivity index (χ1n) is 5.81. The second-order valence-corrected chi connectivity index (χ2v) is 5.64. The zero-order valence-corrected chi connectivity index (χ0v) is 10.3. The molecule has 2 rings (SSSR count). The Morgan fingerprint density at radius 3 is 2.73 bits per heavy atom. The van der Waals surface area contributed by atoms with Gasteiger partial charge in [-0.15, -0.1) is 10.2 Å². The summed E-state index contributed by atoms with van der Waals surface area (Å²) in [5.41, 5.74) is 0. The van der Waals surface area contributed by atoms with Gasteiger partial charge in [0.15, 0.2) is 0 Å². The maximum Gasteiger partial charge on any atom is 0.131 e. The largest absolute Gasteiger partial charge is 0.308 e. The number of aromatic nitrogens is 2. The Kier molecular flexibility index (Phi) is 3.70. The Bertz CT molecular complexity index is 303. The van der Waals surface area contributed by atoms with Gasteiger partial charge in [-0.2, -0.15) is 0 Å². The van der Waals surface area contributed by atoms with E-state index in [-0.39, 0.29) is 0 Å². The summed E-state index contributed by atoms with van der Waals surface area (Å²) in [5.74, 6) is 0.704. The van der Waals surface area contributed by atoms with Crippen molar-refractivity contribution in [1.82, 2.24) is 15.5 Å². The third-order valence-electron chi connectivity index (χ3n) is 2.85. The van der Waals surface area contributed by atoms with Crippen molar-refractivity contribution in [2.45, 2.75) is 58.0 Å². The van der Waals surface area contributed by atoms with Gasteiger partial charge in [0.2, 0.25) is 0 Å². The molecule has 1 aromatic heterocycles. The highest BCUT2D eigenvalue weighted by atomic mass is 32.1. The van der Waals surface area contributed by atoms with Crippen LogP contribution in [0.4, 0.5) is 0 Å². The van der Waals surface area contributed by atoms with Gasteiger partial charge in [-0.1, -0.05) is 38.0 Å². The van der Waals surface area contributed by atoms with Crippen molar-refractivity contribution in [3.8, 4) is 0 Å². The summed E-state index contributed by atoms with van der Waals surface area (Å²) < 4.78 is 0. The molecular formula is C11H19N3S. The van der Waals surface area contributed by atoms with Crippen LogP contribution < -0.4 is 5.32 Å². The summed E-state index contributed by atoms with van der Waals surface area (Å²) in [4.78, 5) is 0. The molecule has 0 aliphatic heterocycles. The zero-order valence-electron chi connectivity index (χ0n) is 9.49. The fourth-order valence-electron chi connectivity index (χ4n) is 1.97. The standard InChI is InChI=1S/C11H19N3S/c1-8(2)12-7-10-13-14-11(15-10)9-5-3-4-6-9/h8-9,12H,3-7H2,1-2H3. The molecule has 0 aromatic carbocycles. The van der Waals surface area contributed by atoms with Crippen LogP contribution >= 0.6 is 11.3 Å². The number of nitrogens with zero attached hydrogens (tertiary/aromatic N) is 2. The lowest BCUT2D eigenvalue weighted by Crippen LogP contribution is -2.21. The maximum absolute atomic E-state index is 4.30. The zero-order chi connectivity index (χ0) is 10.7. The smallest absolute Gasteiger partial charge is 0.131 e. The number of rotatable bonds is 4. The molecule has 1 aliphatic carbocycles. The third-order valence-corrected chi connectivity index (χ3v) is 3.93. The van der Waals surface area contributed by atoms with Crippen molar-refractivity contribution < 1.29 is 0 Å². The molecule has 0 atom stereocenters. The second kappa shape index (κ2) is 5.03. The van der Waals surface area contributed by atoms with Crippen LogP contribution in [-0.2, 0) is 6.54 Å². The lowest BCUT2D eigenvalue weighted by Gasteiger charge is -2.04. The van der Waals surface area contributed by atoms with E-state index in [4.69, 9.17) is 0 Å². The predicted molar refractivity (Wildman–Crippen MR) is 63.1 cm³/mol. The van der Waals surface area contributed by atoms with Gasteiger partial charge in [-0.05, 0) is 12.8 Å². The summed E-state index contributed by atoms with van der Waals surface area (Å²) in [5, 5.41) is 14.3. The molecule has 1 fully saturated rings. The molecule has 1 aromatic rings. The van der Waals surface area contributed by atoms with E-state index >= 15 is 0 Å². The van der Waals surface area contributed by atoms with Gasteiger partial charge in [-0.3, -0.25) is 0 Å². The van der Waals surface area contributed by atoms with Crippen LogP contribution in [0.1, 0.15) is 55.5 Å². The van der Waals surface area contributed by atoms with Crippen LogP contribution in [0.15, 0.2) is 0 Å². The average Bonchev–Trinajstić information content (AvgIpc) is 2.85. The Morgan fingerprint density at radius 1 is 1.33 bits per heavy atom. The molecule has 15 heavy (non-hydrogen) atoms. The number of hydrogen-bond donors (Lipinski definition) is 1.